The van der Waals surface area contributed by atoms with Crippen LogP contribution in [-0.2, 0) is 4.79 Å². The first kappa shape index (κ1) is 19.8. The number of rotatable bonds is 4. The Hall–Kier alpha value is -2.51. The fraction of sp³-hybridized carbons (Fsp3) is 0.417. The average Bonchev–Trinajstić information content (AvgIpc) is 2.44. The number of aliphatic carboxylic acids is 1. The van der Waals surface area contributed by atoms with Gasteiger partial charge in [0.1, 0.15) is 0 Å². The zero-order valence-corrected chi connectivity index (χ0v) is 11.8. The van der Waals surface area contributed by atoms with Gasteiger partial charge in [-0.15, -0.1) is 4.73 Å². The Morgan fingerprint density at radius 1 is 1.15 bits per heavy atom. The monoisotopic (exact) mass is 289 g/mol. The van der Waals surface area contributed by atoms with Gasteiger partial charge in [-0.05, 0) is 12.1 Å². The van der Waals surface area contributed by atoms with Crippen molar-refractivity contribution in [3.63, 3.8) is 0 Å². The van der Waals surface area contributed by atoms with E-state index in [4.69, 9.17) is 15.4 Å². The fourth-order valence-electron chi connectivity index (χ4n) is 0.922. The molecule has 0 aliphatic carbocycles. The van der Waals surface area contributed by atoms with E-state index in [0.29, 0.717) is 0 Å². The first-order valence-corrected chi connectivity index (χ1v) is 5.96. The molecule has 0 aromatic carbocycles. The van der Waals surface area contributed by atoms with Gasteiger partial charge in [-0.3, -0.25) is 4.79 Å². The molecule has 1 heterocycles. The second-order valence-electron chi connectivity index (χ2n) is 2.69. The van der Waals surface area contributed by atoms with Crippen LogP contribution in [0, 0.1) is 0 Å². The third-order valence-corrected chi connectivity index (χ3v) is 1.59. The van der Waals surface area contributed by atoms with Crippen molar-refractivity contribution in [3.8, 4) is 5.75 Å². The average molecular weight is 289 g/mol. The normalized spacial score (nSPS) is 8.40. The molecule has 8 nitrogen and oxygen atoms in total. The van der Waals surface area contributed by atoms with E-state index in [1.165, 1.54) is 0 Å². The fourth-order valence-corrected chi connectivity index (χ4v) is 0.922. The molecule has 0 fully saturated rings. The Morgan fingerprint density at radius 2 is 1.65 bits per heavy atom. The van der Waals surface area contributed by atoms with Crippen LogP contribution in [0.3, 0.4) is 0 Å². The zero-order chi connectivity index (χ0) is 16.3. The van der Waals surface area contributed by atoms with Crippen LogP contribution in [0.5, 0.6) is 5.75 Å². The molecule has 0 bridgehead atoms. The first-order valence-electron chi connectivity index (χ1n) is 5.96. The second-order valence-corrected chi connectivity index (χ2v) is 2.69. The maximum absolute atomic E-state index is 11.2. The van der Waals surface area contributed by atoms with Gasteiger partial charge in [-0.2, -0.15) is 0 Å². The third kappa shape index (κ3) is 5.89. The quantitative estimate of drug-likeness (QED) is 0.713. The molecule has 0 radical (unpaired) electrons. The molecule has 1 aromatic rings. The highest BCUT2D eigenvalue weighted by atomic mass is 16.5. The van der Waals surface area contributed by atoms with Crippen LogP contribution in [0.15, 0.2) is 16.9 Å². The van der Waals surface area contributed by atoms with Crippen molar-refractivity contribution in [3.05, 3.63) is 28.2 Å². The topological polar surface area (TPSA) is 126 Å². The number of hydrogen-bond acceptors (Lipinski definition) is 5. The summed E-state index contributed by atoms with van der Waals surface area (Å²) in [5.41, 5.74) is -1.78. The number of ether oxygens (including phenoxy) is 1. The van der Waals surface area contributed by atoms with Crippen LogP contribution in [0.2, 0.25) is 0 Å². The Kier molecular flexibility index (Phi) is 10.3. The number of hydrogen-bond donors (Lipinski definition) is 3. The highest BCUT2D eigenvalue weighted by molar-refractivity contribution is 5.85. The highest BCUT2D eigenvalue weighted by Gasteiger charge is 2.14. The maximum atomic E-state index is 11.2. The summed E-state index contributed by atoms with van der Waals surface area (Å²) in [5.74, 6) is -3.24. The molecule has 3 N–H and O–H groups in total. The van der Waals surface area contributed by atoms with Gasteiger partial charge in [-0.25, -0.2) is 9.59 Å². The van der Waals surface area contributed by atoms with Crippen molar-refractivity contribution in [2.75, 3.05) is 6.61 Å². The van der Waals surface area contributed by atoms with Gasteiger partial charge < -0.3 is 20.2 Å². The van der Waals surface area contributed by atoms with Gasteiger partial charge in [0.05, 0.1) is 0 Å². The molecule has 0 unspecified atom stereocenters. The molecule has 20 heavy (non-hydrogen) atoms. The van der Waals surface area contributed by atoms with E-state index in [0.717, 1.165) is 12.1 Å². The summed E-state index contributed by atoms with van der Waals surface area (Å²) >= 11 is 0. The standard InChI is InChI=1S/C8H7NO7.2C2H6/c10-6(11)3-16-5-2-1-4(8(13)14)9(15)7(5)12;2*1-2/h1-2,15H,3H2,(H,10,11)(H,13,14);2*1-2H3. The van der Waals surface area contributed by atoms with Crippen molar-refractivity contribution < 1.29 is 29.7 Å². The van der Waals surface area contributed by atoms with Crippen molar-refractivity contribution in [1.82, 2.24) is 4.73 Å². The van der Waals surface area contributed by atoms with Crippen molar-refractivity contribution in [2.24, 2.45) is 0 Å². The molecular weight excluding hydrogens is 270 g/mol. The Bertz CT molecular complexity index is 493. The number of carbonyl (C=O) groups is 2. The third-order valence-electron chi connectivity index (χ3n) is 1.59. The summed E-state index contributed by atoms with van der Waals surface area (Å²) in [4.78, 5) is 31.9. The maximum Gasteiger partial charge on any atom is 0.356 e. The van der Waals surface area contributed by atoms with E-state index in [1.807, 2.05) is 27.7 Å². The van der Waals surface area contributed by atoms with E-state index in [9.17, 15) is 14.4 Å². The minimum Gasteiger partial charge on any atom is -0.479 e. The molecule has 0 amide bonds. The number of carboxylic acids is 2. The van der Waals surface area contributed by atoms with Crippen LogP contribution < -0.4 is 10.3 Å². The molecule has 0 saturated carbocycles. The molecule has 0 aliphatic heterocycles. The predicted octanol–water partition coefficient (Wildman–Crippen LogP) is 1.30. The SMILES string of the molecule is CC.CC.O=C(O)COc1ccc(C(=O)O)n(O)c1=O. The van der Waals surface area contributed by atoms with E-state index < -0.39 is 35.5 Å². The summed E-state index contributed by atoms with van der Waals surface area (Å²) in [6, 6.07) is 1.89. The van der Waals surface area contributed by atoms with Crippen LogP contribution in [0.4, 0.5) is 0 Å². The van der Waals surface area contributed by atoms with E-state index in [-0.39, 0.29) is 4.73 Å². The number of carboxylic acid groups (broad SMARTS) is 2. The Morgan fingerprint density at radius 3 is 2.05 bits per heavy atom. The van der Waals surface area contributed by atoms with Gasteiger partial charge in [-0.1, -0.05) is 27.7 Å². The zero-order valence-electron chi connectivity index (χ0n) is 11.8. The van der Waals surface area contributed by atoms with Gasteiger partial charge >= 0.3 is 17.5 Å². The second kappa shape index (κ2) is 10.4. The minimum atomic E-state index is -1.50. The molecule has 0 saturated heterocycles. The summed E-state index contributed by atoms with van der Waals surface area (Å²) < 4.78 is 4.40. The van der Waals surface area contributed by atoms with E-state index in [1.54, 1.807) is 0 Å². The van der Waals surface area contributed by atoms with E-state index in [2.05, 4.69) is 4.74 Å². The largest absolute Gasteiger partial charge is 0.479 e. The summed E-state index contributed by atoms with van der Waals surface area (Å²) in [5, 5.41) is 25.9. The number of pyridine rings is 1. The molecule has 0 aliphatic rings. The lowest BCUT2D eigenvalue weighted by Crippen LogP contribution is -2.26. The first-order chi connectivity index (χ1) is 9.43. The number of nitrogens with zero attached hydrogens (tertiary/aromatic N) is 1. The summed E-state index contributed by atoms with van der Waals surface area (Å²) in [6.07, 6.45) is 0. The molecule has 0 atom stereocenters. The molecule has 8 heteroatoms. The molecule has 114 valence electrons. The predicted molar refractivity (Wildman–Crippen MR) is 70.7 cm³/mol. The number of aromatic nitrogens is 1. The Labute approximate surface area is 115 Å². The van der Waals surface area contributed by atoms with E-state index >= 15 is 0 Å². The summed E-state index contributed by atoms with van der Waals surface area (Å²) in [6.45, 7) is 7.24. The van der Waals surface area contributed by atoms with Gasteiger partial charge in [0.2, 0.25) is 0 Å². The van der Waals surface area contributed by atoms with Gasteiger partial charge in [0.15, 0.2) is 18.1 Å². The van der Waals surface area contributed by atoms with Crippen LogP contribution in [-0.4, -0.2) is 38.7 Å². The molecule has 0 spiro atoms. The van der Waals surface area contributed by atoms with Gasteiger partial charge in [0, 0.05) is 0 Å². The van der Waals surface area contributed by atoms with Gasteiger partial charge in [0.25, 0.3) is 0 Å². The minimum absolute atomic E-state index is 0.125. The molecule has 1 aromatic heterocycles. The van der Waals surface area contributed by atoms with Crippen molar-refractivity contribution in [2.45, 2.75) is 27.7 Å². The number of aromatic carboxylic acids is 1. The van der Waals surface area contributed by atoms with Crippen LogP contribution in [0.25, 0.3) is 0 Å². The lowest BCUT2D eigenvalue weighted by Gasteiger charge is -2.05. The Balaban J connectivity index is 0. The highest BCUT2D eigenvalue weighted by Crippen LogP contribution is 2.05. The lowest BCUT2D eigenvalue weighted by atomic mass is 10.3. The van der Waals surface area contributed by atoms with Crippen LogP contribution in [0.1, 0.15) is 38.2 Å². The molecular formula is C12H19NO7. The summed E-state index contributed by atoms with van der Waals surface area (Å²) in [7, 11) is 0. The van der Waals surface area contributed by atoms with Crippen LogP contribution >= 0.6 is 0 Å². The smallest absolute Gasteiger partial charge is 0.356 e. The van der Waals surface area contributed by atoms with Crippen molar-refractivity contribution >= 4 is 11.9 Å². The molecule has 1 rings (SSSR count). The van der Waals surface area contributed by atoms with Crippen molar-refractivity contribution in [1.29, 1.82) is 0 Å². The lowest BCUT2D eigenvalue weighted by molar-refractivity contribution is -0.139.